The highest BCUT2D eigenvalue weighted by atomic mass is 15.4. The zero-order valence-electron chi connectivity index (χ0n) is 12.4. The Balaban J connectivity index is 1.60. The number of likely N-dealkylation sites (N-methyl/N-ethyl adjacent to an activating group) is 1. The third-order valence-electron chi connectivity index (χ3n) is 4.28. The lowest BCUT2D eigenvalue weighted by Crippen LogP contribution is -2.29. The molecule has 6 nitrogen and oxygen atoms in total. The summed E-state index contributed by atoms with van der Waals surface area (Å²) >= 11 is 0. The lowest BCUT2D eigenvalue weighted by atomic mass is 10.0. The minimum absolute atomic E-state index is 0.342. The van der Waals surface area contributed by atoms with Crippen LogP contribution in [-0.4, -0.2) is 44.3 Å². The van der Waals surface area contributed by atoms with Crippen LogP contribution in [0.2, 0.25) is 0 Å². The average Bonchev–Trinajstić information content (AvgIpc) is 3.14. The molecule has 1 N–H and O–H groups in total. The van der Waals surface area contributed by atoms with Crippen molar-refractivity contribution in [2.45, 2.75) is 18.5 Å². The van der Waals surface area contributed by atoms with Crippen LogP contribution in [0.1, 0.15) is 18.0 Å². The molecule has 1 aliphatic rings. The fourth-order valence-corrected chi connectivity index (χ4v) is 3.23. The summed E-state index contributed by atoms with van der Waals surface area (Å²) < 4.78 is 1.69. The molecule has 112 valence electrons. The molecule has 3 aromatic rings. The van der Waals surface area contributed by atoms with Gasteiger partial charge in [0.05, 0.1) is 6.04 Å². The summed E-state index contributed by atoms with van der Waals surface area (Å²) in [5.74, 6) is 0.855. The standard InChI is InChI=1S/C16H18N6/c1-21-10-9-13(16(21)12-5-3-2-4-6-12)18-14-7-8-15-19-17-11-22(15)20-14/h2-8,11,13,16H,9-10H2,1H3,(H,18,20). The van der Waals surface area contributed by atoms with Gasteiger partial charge in [-0.15, -0.1) is 15.3 Å². The molecule has 0 radical (unpaired) electrons. The van der Waals surface area contributed by atoms with Crippen molar-refractivity contribution >= 4 is 11.5 Å². The van der Waals surface area contributed by atoms with E-state index in [1.54, 1.807) is 10.8 Å². The molecule has 0 amide bonds. The van der Waals surface area contributed by atoms with Crippen LogP contribution in [0.25, 0.3) is 5.65 Å². The third-order valence-corrected chi connectivity index (χ3v) is 4.28. The van der Waals surface area contributed by atoms with Crippen molar-refractivity contribution in [1.82, 2.24) is 24.7 Å². The normalized spacial score (nSPS) is 22.2. The fraction of sp³-hybridized carbons (Fsp3) is 0.312. The molecule has 0 saturated carbocycles. The molecule has 0 bridgehead atoms. The summed E-state index contributed by atoms with van der Waals surface area (Å²) in [5, 5.41) is 15.9. The SMILES string of the molecule is CN1CCC(Nc2ccc3nncn3n2)C1c1ccccc1. The van der Waals surface area contributed by atoms with Crippen molar-refractivity contribution in [3.8, 4) is 0 Å². The zero-order valence-corrected chi connectivity index (χ0v) is 12.4. The van der Waals surface area contributed by atoms with Gasteiger partial charge in [0, 0.05) is 12.6 Å². The van der Waals surface area contributed by atoms with Gasteiger partial charge in [0.1, 0.15) is 12.1 Å². The number of rotatable bonds is 3. The summed E-state index contributed by atoms with van der Waals surface area (Å²) in [6.07, 6.45) is 2.72. The van der Waals surface area contributed by atoms with Gasteiger partial charge < -0.3 is 5.32 Å². The lowest BCUT2D eigenvalue weighted by molar-refractivity contribution is 0.309. The summed E-state index contributed by atoms with van der Waals surface area (Å²) in [6.45, 7) is 1.08. The zero-order chi connectivity index (χ0) is 14.9. The van der Waals surface area contributed by atoms with Crippen LogP contribution in [0.3, 0.4) is 0 Å². The van der Waals surface area contributed by atoms with Crippen LogP contribution in [-0.2, 0) is 0 Å². The van der Waals surface area contributed by atoms with Crippen molar-refractivity contribution in [3.05, 3.63) is 54.4 Å². The van der Waals surface area contributed by atoms with Gasteiger partial charge in [0.2, 0.25) is 0 Å². The topological polar surface area (TPSA) is 58.3 Å². The van der Waals surface area contributed by atoms with Gasteiger partial charge in [-0.3, -0.25) is 4.90 Å². The molecule has 2 aromatic heterocycles. The van der Waals surface area contributed by atoms with E-state index in [-0.39, 0.29) is 0 Å². The molecule has 3 heterocycles. The molecular formula is C16H18N6. The van der Waals surface area contributed by atoms with E-state index in [0.29, 0.717) is 12.1 Å². The number of likely N-dealkylation sites (tertiary alicyclic amines) is 1. The molecule has 1 saturated heterocycles. The van der Waals surface area contributed by atoms with Gasteiger partial charge in [-0.2, -0.15) is 4.52 Å². The maximum atomic E-state index is 4.51. The maximum absolute atomic E-state index is 4.51. The molecule has 0 aliphatic carbocycles. The first-order valence-electron chi connectivity index (χ1n) is 7.50. The number of benzene rings is 1. The second-order valence-corrected chi connectivity index (χ2v) is 5.73. The molecule has 1 aliphatic heterocycles. The molecule has 1 fully saturated rings. The smallest absolute Gasteiger partial charge is 0.177 e. The Hall–Kier alpha value is -2.47. The monoisotopic (exact) mass is 294 g/mol. The molecule has 1 aromatic carbocycles. The van der Waals surface area contributed by atoms with E-state index >= 15 is 0 Å². The van der Waals surface area contributed by atoms with Crippen molar-refractivity contribution in [1.29, 1.82) is 0 Å². The minimum atomic E-state index is 0.342. The van der Waals surface area contributed by atoms with Crippen molar-refractivity contribution in [2.75, 3.05) is 18.9 Å². The maximum Gasteiger partial charge on any atom is 0.177 e. The van der Waals surface area contributed by atoms with Crippen LogP contribution in [0.4, 0.5) is 5.82 Å². The summed E-state index contributed by atoms with van der Waals surface area (Å²) in [6, 6.07) is 15.2. The lowest BCUT2D eigenvalue weighted by Gasteiger charge is -2.26. The van der Waals surface area contributed by atoms with Gasteiger partial charge >= 0.3 is 0 Å². The third kappa shape index (κ3) is 2.31. The average molecular weight is 294 g/mol. The highest BCUT2D eigenvalue weighted by molar-refractivity contribution is 5.44. The predicted octanol–water partition coefficient (Wildman–Crippen LogP) is 1.98. The van der Waals surface area contributed by atoms with E-state index in [4.69, 9.17) is 0 Å². The van der Waals surface area contributed by atoms with Crippen LogP contribution >= 0.6 is 0 Å². The highest BCUT2D eigenvalue weighted by Gasteiger charge is 2.33. The van der Waals surface area contributed by atoms with Crippen molar-refractivity contribution in [2.24, 2.45) is 0 Å². The van der Waals surface area contributed by atoms with Crippen LogP contribution in [0.15, 0.2) is 48.8 Å². The number of nitrogens with one attached hydrogen (secondary N) is 1. The van der Waals surface area contributed by atoms with Gasteiger partial charge in [0.25, 0.3) is 0 Å². The summed E-state index contributed by atoms with van der Waals surface area (Å²) in [5.41, 5.74) is 2.10. The van der Waals surface area contributed by atoms with Gasteiger partial charge in [-0.05, 0) is 31.2 Å². The van der Waals surface area contributed by atoms with E-state index in [9.17, 15) is 0 Å². The molecule has 0 spiro atoms. The molecule has 4 rings (SSSR count). The Morgan fingerprint density at radius 2 is 2.00 bits per heavy atom. The Kier molecular flexibility index (Phi) is 3.23. The quantitative estimate of drug-likeness (QED) is 0.800. The molecule has 6 heteroatoms. The highest BCUT2D eigenvalue weighted by Crippen LogP contribution is 2.32. The second kappa shape index (κ2) is 5.38. The first-order chi connectivity index (χ1) is 10.8. The van der Waals surface area contributed by atoms with Crippen LogP contribution in [0.5, 0.6) is 0 Å². The Morgan fingerprint density at radius 3 is 2.86 bits per heavy atom. The molecule has 2 unspecified atom stereocenters. The van der Waals surface area contributed by atoms with E-state index in [1.165, 1.54) is 5.56 Å². The van der Waals surface area contributed by atoms with E-state index in [0.717, 1.165) is 24.4 Å². The number of hydrogen-bond donors (Lipinski definition) is 1. The Bertz CT molecular complexity index is 768. The van der Waals surface area contributed by atoms with E-state index in [1.807, 2.05) is 12.1 Å². The molecule has 2 atom stereocenters. The first-order valence-corrected chi connectivity index (χ1v) is 7.50. The largest absolute Gasteiger partial charge is 0.364 e. The van der Waals surface area contributed by atoms with Crippen LogP contribution in [0, 0.1) is 0 Å². The number of nitrogens with zero attached hydrogens (tertiary/aromatic N) is 5. The molecule has 22 heavy (non-hydrogen) atoms. The number of anilines is 1. The van der Waals surface area contributed by atoms with E-state index < -0.39 is 0 Å². The number of aromatic nitrogens is 4. The number of fused-ring (bicyclic) bond motifs is 1. The summed E-state index contributed by atoms with van der Waals surface area (Å²) in [4.78, 5) is 2.39. The van der Waals surface area contributed by atoms with Gasteiger partial charge in [-0.1, -0.05) is 30.3 Å². The molecular weight excluding hydrogens is 276 g/mol. The fourth-order valence-electron chi connectivity index (χ4n) is 3.23. The second-order valence-electron chi connectivity index (χ2n) is 5.73. The minimum Gasteiger partial charge on any atom is -0.364 e. The van der Waals surface area contributed by atoms with Gasteiger partial charge in [-0.25, -0.2) is 0 Å². The van der Waals surface area contributed by atoms with Crippen LogP contribution < -0.4 is 5.32 Å². The van der Waals surface area contributed by atoms with E-state index in [2.05, 4.69) is 62.9 Å². The predicted molar refractivity (Wildman–Crippen MR) is 84.6 cm³/mol. The van der Waals surface area contributed by atoms with Crippen molar-refractivity contribution < 1.29 is 0 Å². The first kappa shape index (κ1) is 13.2. The number of hydrogen-bond acceptors (Lipinski definition) is 5. The Labute approximate surface area is 128 Å². The van der Waals surface area contributed by atoms with Gasteiger partial charge in [0.15, 0.2) is 5.65 Å². The van der Waals surface area contributed by atoms with Crippen molar-refractivity contribution in [3.63, 3.8) is 0 Å². The Morgan fingerprint density at radius 1 is 1.14 bits per heavy atom. The summed E-state index contributed by atoms with van der Waals surface area (Å²) in [7, 11) is 2.18.